The van der Waals surface area contributed by atoms with E-state index >= 15 is 0 Å². The van der Waals surface area contributed by atoms with Crippen molar-refractivity contribution in [3.05, 3.63) is 71.7 Å². The molecule has 0 aliphatic heterocycles. The Hall–Kier alpha value is -3.41. The minimum atomic E-state index is -0.199. The van der Waals surface area contributed by atoms with E-state index in [1.54, 1.807) is 0 Å². The molecule has 0 fully saturated rings. The van der Waals surface area contributed by atoms with Gasteiger partial charge in [-0.2, -0.15) is 0 Å². The lowest BCUT2D eigenvalue weighted by Crippen LogP contribution is -2.21. The van der Waals surface area contributed by atoms with Gasteiger partial charge in [0.25, 0.3) is 5.91 Å². The monoisotopic (exact) mass is 404 g/mol. The minimum Gasteiger partial charge on any atom is -0.484 e. The Kier molecular flexibility index (Phi) is 7.01. The largest absolute Gasteiger partial charge is 0.484 e. The van der Waals surface area contributed by atoms with E-state index in [2.05, 4.69) is 47.4 Å². The third kappa shape index (κ3) is 5.80. The summed E-state index contributed by atoms with van der Waals surface area (Å²) in [5.74, 6) is 1.61. The SMILES string of the molecule is CCc1ccc(Nc2cc(C)ncn2)cc1NC(=O)COc1cccc(C(C)C)c1. The van der Waals surface area contributed by atoms with Gasteiger partial charge in [-0.05, 0) is 54.7 Å². The maximum Gasteiger partial charge on any atom is 0.262 e. The first kappa shape index (κ1) is 21.3. The van der Waals surface area contributed by atoms with Gasteiger partial charge in [-0.3, -0.25) is 4.79 Å². The lowest BCUT2D eigenvalue weighted by molar-refractivity contribution is -0.118. The molecule has 3 rings (SSSR count). The predicted octanol–water partition coefficient (Wildman–Crippen LogP) is 5.23. The highest BCUT2D eigenvalue weighted by molar-refractivity contribution is 5.93. The van der Waals surface area contributed by atoms with E-state index < -0.39 is 0 Å². The lowest BCUT2D eigenvalue weighted by Gasteiger charge is -2.14. The molecule has 1 amide bonds. The number of hydrogen-bond donors (Lipinski definition) is 2. The van der Waals surface area contributed by atoms with Gasteiger partial charge in [-0.15, -0.1) is 0 Å². The highest BCUT2D eigenvalue weighted by Gasteiger charge is 2.10. The third-order valence-corrected chi connectivity index (χ3v) is 4.74. The second kappa shape index (κ2) is 9.87. The van der Waals surface area contributed by atoms with Crippen molar-refractivity contribution in [3.8, 4) is 5.75 Å². The van der Waals surface area contributed by atoms with Crippen LogP contribution in [0.2, 0.25) is 0 Å². The second-order valence-electron chi connectivity index (χ2n) is 7.46. The van der Waals surface area contributed by atoms with Crippen LogP contribution in [0.4, 0.5) is 17.2 Å². The van der Waals surface area contributed by atoms with Crippen molar-refractivity contribution in [1.82, 2.24) is 9.97 Å². The van der Waals surface area contributed by atoms with Crippen LogP contribution < -0.4 is 15.4 Å². The molecule has 3 aromatic rings. The number of aromatic nitrogens is 2. The summed E-state index contributed by atoms with van der Waals surface area (Å²) in [7, 11) is 0. The molecule has 0 radical (unpaired) electrons. The first-order valence-corrected chi connectivity index (χ1v) is 10.2. The molecule has 0 spiro atoms. The molecule has 2 aromatic carbocycles. The first-order chi connectivity index (χ1) is 14.4. The van der Waals surface area contributed by atoms with E-state index in [0.717, 1.165) is 29.1 Å². The topological polar surface area (TPSA) is 76.1 Å². The number of anilines is 3. The molecule has 0 saturated heterocycles. The van der Waals surface area contributed by atoms with E-state index in [0.29, 0.717) is 17.5 Å². The maximum atomic E-state index is 12.5. The molecule has 0 aliphatic carbocycles. The van der Waals surface area contributed by atoms with Crippen LogP contribution >= 0.6 is 0 Å². The molecule has 0 aliphatic rings. The Morgan fingerprint density at radius 3 is 2.67 bits per heavy atom. The number of nitrogens with one attached hydrogen (secondary N) is 2. The zero-order chi connectivity index (χ0) is 21.5. The number of carbonyl (C=O) groups is 1. The molecule has 1 heterocycles. The Bertz CT molecular complexity index is 1020. The highest BCUT2D eigenvalue weighted by Crippen LogP contribution is 2.24. The zero-order valence-electron chi connectivity index (χ0n) is 17.9. The average molecular weight is 405 g/mol. The van der Waals surface area contributed by atoms with Crippen LogP contribution in [0.5, 0.6) is 5.75 Å². The smallest absolute Gasteiger partial charge is 0.262 e. The Balaban J connectivity index is 1.67. The third-order valence-electron chi connectivity index (χ3n) is 4.74. The van der Waals surface area contributed by atoms with Gasteiger partial charge in [0.15, 0.2) is 6.61 Å². The van der Waals surface area contributed by atoms with Gasteiger partial charge in [-0.25, -0.2) is 9.97 Å². The summed E-state index contributed by atoms with van der Waals surface area (Å²) in [5.41, 5.74) is 4.71. The van der Waals surface area contributed by atoms with Crippen molar-refractivity contribution in [2.45, 2.75) is 40.0 Å². The van der Waals surface area contributed by atoms with Gasteiger partial charge in [0.2, 0.25) is 0 Å². The van der Waals surface area contributed by atoms with E-state index in [-0.39, 0.29) is 12.5 Å². The number of hydrogen-bond acceptors (Lipinski definition) is 5. The fourth-order valence-corrected chi connectivity index (χ4v) is 3.05. The summed E-state index contributed by atoms with van der Waals surface area (Å²) in [6, 6.07) is 15.6. The van der Waals surface area contributed by atoms with Crippen molar-refractivity contribution in [2.75, 3.05) is 17.2 Å². The number of rotatable bonds is 8. The van der Waals surface area contributed by atoms with Crippen LogP contribution in [0.1, 0.15) is 43.5 Å². The van der Waals surface area contributed by atoms with Crippen molar-refractivity contribution in [3.63, 3.8) is 0 Å². The maximum absolute atomic E-state index is 12.5. The number of amides is 1. The summed E-state index contributed by atoms with van der Waals surface area (Å²) in [4.78, 5) is 20.8. The Morgan fingerprint density at radius 2 is 1.93 bits per heavy atom. The molecule has 30 heavy (non-hydrogen) atoms. The van der Waals surface area contributed by atoms with E-state index in [1.165, 1.54) is 11.9 Å². The molecule has 6 nitrogen and oxygen atoms in total. The molecule has 0 atom stereocenters. The van der Waals surface area contributed by atoms with Crippen LogP contribution in [0.25, 0.3) is 0 Å². The first-order valence-electron chi connectivity index (χ1n) is 10.2. The van der Waals surface area contributed by atoms with Gasteiger partial charge in [0, 0.05) is 23.1 Å². The van der Waals surface area contributed by atoms with Gasteiger partial charge < -0.3 is 15.4 Å². The molecule has 0 unspecified atom stereocenters. The lowest BCUT2D eigenvalue weighted by atomic mass is 10.0. The minimum absolute atomic E-state index is 0.0482. The number of carbonyl (C=O) groups excluding carboxylic acids is 1. The van der Waals surface area contributed by atoms with Gasteiger partial charge in [0.1, 0.15) is 17.9 Å². The fraction of sp³-hybridized carbons (Fsp3) is 0.292. The number of benzene rings is 2. The molecule has 1 aromatic heterocycles. The van der Waals surface area contributed by atoms with Crippen LogP contribution in [-0.4, -0.2) is 22.5 Å². The molecule has 2 N–H and O–H groups in total. The molecule has 0 saturated carbocycles. The van der Waals surface area contributed by atoms with E-state index in [9.17, 15) is 4.79 Å². The Labute approximate surface area is 177 Å². The van der Waals surface area contributed by atoms with Crippen molar-refractivity contribution in [2.24, 2.45) is 0 Å². The summed E-state index contributed by atoms with van der Waals surface area (Å²) in [6.07, 6.45) is 2.33. The van der Waals surface area contributed by atoms with Crippen LogP contribution in [0.3, 0.4) is 0 Å². The summed E-state index contributed by atoms with van der Waals surface area (Å²) in [6.45, 7) is 8.17. The molecule has 6 heteroatoms. The van der Waals surface area contributed by atoms with Gasteiger partial charge in [-0.1, -0.05) is 39.0 Å². The molecule has 0 bridgehead atoms. The average Bonchev–Trinajstić information content (AvgIpc) is 2.73. The molecule has 156 valence electrons. The van der Waals surface area contributed by atoms with Gasteiger partial charge >= 0.3 is 0 Å². The Morgan fingerprint density at radius 1 is 1.10 bits per heavy atom. The van der Waals surface area contributed by atoms with Gasteiger partial charge in [0.05, 0.1) is 0 Å². The quantitative estimate of drug-likeness (QED) is 0.537. The number of aryl methyl sites for hydroxylation is 2. The van der Waals surface area contributed by atoms with Crippen LogP contribution in [0, 0.1) is 6.92 Å². The molecular weight excluding hydrogens is 376 g/mol. The van der Waals surface area contributed by atoms with E-state index in [4.69, 9.17) is 4.74 Å². The van der Waals surface area contributed by atoms with Crippen LogP contribution in [-0.2, 0) is 11.2 Å². The van der Waals surface area contributed by atoms with Crippen molar-refractivity contribution < 1.29 is 9.53 Å². The predicted molar refractivity (Wildman–Crippen MR) is 121 cm³/mol. The van der Waals surface area contributed by atoms with Crippen molar-refractivity contribution >= 4 is 23.1 Å². The summed E-state index contributed by atoms with van der Waals surface area (Å²) < 4.78 is 5.70. The van der Waals surface area contributed by atoms with Crippen LogP contribution in [0.15, 0.2) is 54.9 Å². The summed E-state index contributed by atoms with van der Waals surface area (Å²) in [5, 5.41) is 6.22. The van der Waals surface area contributed by atoms with E-state index in [1.807, 2.05) is 49.4 Å². The number of nitrogens with zero attached hydrogens (tertiary/aromatic N) is 2. The van der Waals surface area contributed by atoms with Crippen molar-refractivity contribution in [1.29, 1.82) is 0 Å². The number of ether oxygens (including phenoxy) is 1. The second-order valence-corrected chi connectivity index (χ2v) is 7.46. The highest BCUT2D eigenvalue weighted by atomic mass is 16.5. The summed E-state index contributed by atoms with van der Waals surface area (Å²) >= 11 is 0. The normalized spacial score (nSPS) is 10.7. The standard InChI is InChI=1S/C24H28N4O2/c1-5-18-9-10-20(27-23-11-17(4)25-15-26-23)13-22(18)28-24(29)14-30-21-8-6-7-19(12-21)16(2)3/h6-13,15-16H,5,14H2,1-4H3,(H,28,29)(H,25,26,27). The molecular formula is C24H28N4O2. The zero-order valence-corrected chi connectivity index (χ0v) is 17.9. The fourth-order valence-electron chi connectivity index (χ4n) is 3.05.